The minimum Gasteiger partial charge on any atom is -0.409 e. The highest BCUT2D eigenvalue weighted by Gasteiger charge is 2.43. The Morgan fingerprint density at radius 3 is 2.41 bits per heavy atom. The van der Waals surface area contributed by atoms with Gasteiger partial charge >= 0.3 is 6.09 Å². The van der Waals surface area contributed by atoms with E-state index < -0.39 is 28.2 Å². The summed E-state index contributed by atoms with van der Waals surface area (Å²) >= 11 is 7.74. The third kappa shape index (κ3) is 8.60. The van der Waals surface area contributed by atoms with Gasteiger partial charge in [-0.3, -0.25) is 9.59 Å². The predicted molar refractivity (Wildman–Crippen MR) is 178 cm³/mol. The predicted octanol–water partition coefficient (Wildman–Crippen LogP) is 4.08. The fourth-order valence-electron chi connectivity index (χ4n) is 6.61. The average Bonchev–Trinajstić information content (AvgIpc) is 3.61. The summed E-state index contributed by atoms with van der Waals surface area (Å²) in [6.07, 6.45) is 5.75. The maximum Gasteiger partial charge on any atom is 0.415 e. The van der Waals surface area contributed by atoms with Gasteiger partial charge in [-0.2, -0.15) is 0 Å². The molecule has 14 heteroatoms. The topological polar surface area (TPSA) is 128 Å². The number of hydrogen-bond donors (Lipinski definition) is 2. The van der Waals surface area contributed by atoms with Gasteiger partial charge in [-0.15, -0.1) is 11.3 Å². The number of rotatable bonds is 10. The molecule has 1 aliphatic carbocycles. The Balaban J connectivity index is 1.35. The lowest BCUT2D eigenvalue weighted by Crippen LogP contribution is -2.66. The van der Waals surface area contributed by atoms with E-state index in [9.17, 15) is 22.8 Å². The number of halogens is 1. The smallest absolute Gasteiger partial charge is 0.409 e. The Morgan fingerprint density at radius 1 is 1.00 bits per heavy atom. The molecule has 2 atom stereocenters. The Kier molecular flexibility index (Phi) is 12.0. The fourth-order valence-corrected chi connectivity index (χ4v) is 8.56. The fraction of sp³-hybridized carbons (Fsp3) is 0.594. The van der Waals surface area contributed by atoms with Gasteiger partial charge in [0, 0.05) is 37.1 Å². The molecule has 2 saturated heterocycles. The number of thiophene rings is 1. The first kappa shape index (κ1) is 34.6. The lowest BCUT2D eigenvalue weighted by molar-refractivity contribution is -0.146. The zero-order chi connectivity index (χ0) is 32.7. The average molecular weight is 694 g/mol. The van der Waals surface area contributed by atoms with E-state index in [0.29, 0.717) is 37.5 Å². The molecule has 1 aromatic heterocycles. The van der Waals surface area contributed by atoms with Gasteiger partial charge in [0.05, 0.1) is 29.9 Å². The number of piperazine rings is 1. The van der Waals surface area contributed by atoms with Gasteiger partial charge in [0.1, 0.15) is 6.04 Å². The van der Waals surface area contributed by atoms with Gasteiger partial charge < -0.3 is 25.2 Å². The van der Waals surface area contributed by atoms with Crippen LogP contribution in [0.4, 0.5) is 4.79 Å². The first-order valence-electron chi connectivity index (χ1n) is 16.2. The lowest BCUT2D eigenvalue weighted by Gasteiger charge is -2.44. The summed E-state index contributed by atoms with van der Waals surface area (Å²) in [5, 5.41) is 8.87. The molecule has 3 fully saturated rings. The normalized spacial score (nSPS) is 21.1. The van der Waals surface area contributed by atoms with E-state index in [1.54, 1.807) is 36.1 Å². The summed E-state index contributed by atoms with van der Waals surface area (Å²) in [4.78, 5) is 45.6. The molecular weight excluding hydrogens is 650 g/mol. The number of carbonyl (C=O) groups excluding carboxylic acids is 3. The first-order chi connectivity index (χ1) is 22.2. The van der Waals surface area contributed by atoms with E-state index in [2.05, 4.69) is 10.6 Å². The van der Waals surface area contributed by atoms with Gasteiger partial charge in [0.25, 0.3) is 0 Å². The van der Waals surface area contributed by atoms with Crippen molar-refractivity contribution in [1.82, 2.24) is 24.7 Å². The highest BCUT2D eigenvalue weighted by Crippen LogP contribution is 2.29. The number of nitrogens with one attached hydrogen (secondary N) is 2. The molecule has 0 spiro atoms. The number of para-hydroxylation sites is 1. The molecule has 2 aliphatic heterocycles. The van der Waals surface area contributed by atoms with Crippen molar-refractivity contribution in [3.05, 3.63) is 51.7 Å². The second kappa shape index (κ2) is 15.9. The van der Waals surface area contributed by atoms with Crippen molar-refractivity contribution in [3.63, 3.8) is 0 Å². The molecule has 3 amide bonds. The lowest BCUT2D eigenvalue weighted by atomic mass is 9.86. The monoisotopic (exact) mass is 693 g/mol. The maximum absolute atomic E-state index is 14.6. The van der Waals surface area contributed by atoms with Gasteiger partial charge in [-0.25, -0.2) is 17.5 Å². The zero-order valence-corrected chi connectivity index (χ0v) is 28.6. The third-order valence-corrected chi connectivity index (χ3v) is 12.4. The Morgan fingerprint density at radius 2 is 1.74 bits per heavy atom. The number of hydrogen-bond acceptors (Lipinski definition) is 8. The summed E-state index contributed by atoms with van der Waals surface area (Å²) in [6.45, 7) is 2.99. The summed E-state index contributed by atoms with van der Waals surface area (Å²) < 4.78 is 32.2. The maximum atomic E-state index is 14.6. The van der Waals surface area contributed by atoms with E-state index in [1.165, 1.54) is 27.0 Å². The van der Waals surface area contributed by atoms with Crippen LogP contribution in [0.15, 0.2) is 41.8 Å². The summed E-state index contributed by atoms with van der Waals surface area (Å²) in [5.74, 6) is -0.350. The van der Waals surface area contributed by atoms with E-state index in [0.717, 1.165) is 30.6 Å². The van der Waals surface area contributed by atoms with Gasteiger partial charge in [0.2, 0.25) is 21.8 Å². The standard InChI is InChI=1S/C32H44ClN5O6S2/c1-2-46(42,43)37-16-14-23(15-17-37)29(35-24-9-4-3-5-10-24)31(40)38-19-18-36(32(41)44-28-13-7-6-12-26(28)33)22-27(38)30(39)34-21-25-11-8-20-45-25/h6-8,11-13,20,23-24,27,29,35H,2-5,9-10,14-19,21-22H2,1H3,(H,34,39)/t27-,29+/m0/s1. The van der Waals surface area contributed by atoms with E-state index in [4.69, 9.17) is 16.3 Å². The highest BCUT2D eigenvalue weighted by molar-refractivity contribution is 7.89. The molecule has 46 heavy (non-hydrogen) atoms. The number of nitrogens with zero attached hydrogens (tertiary/aromatic N) is 3. The van der Waals surface area contributed by atoms with Crippen LogP contribution < -0.4 is 15.4 Å². The van der Waals surface area contributed by atoms with Crippen molar-refractivity contribution < 1.29 is 27.5 Å². The van der Waals surface area contributed by atoms with Crippen molar-refractivity contribution in [1.29, 1.82) is 0 Å². The molecule has 0 radical (unpaired) electrons. The van der Waals surface area contributed by atoms with Gasteiger partial charge in [-0.1, -0.05) is 49.1 Å². The minimum absolute atomic E-state index is 0.0331. The molecule has 1 saturated carbocycles. The molecule has 2 N–H and O–H groups in total. The van der Waals surface area contributed by atoms with Crippen molar-refractivity contribution in [3.8, 4) is 5.75 Å². The molecule has 3 aliphatic rings. The quantitative estimate of drug-likeness (QED) is 0.384. The van der Waals surface area contributed by atoms with Crippen LogP contribution in [-0.2, 0) is 26.2 Å². The third-order valence-electron chi connectivity index (χ3n) is 9.29. The summed E-state index contributed by atoms with van der Waals surface area (Å²) in [5.41, 5.74) is 0. The van der Waals surface area contributed by atoms with E-state index >= 15 is 0 Å². The molecule has 1 aromatic carbocycles. The number of sulfonamides is 1. The summed E-state index contributed by atoms with van der Waals surface area (Å²) in [6, 6.07) is 9.20. The molecule has 0 unspecified atom stereocenters. The first-order valence-corrected chi connectivity index (χ1v) is 19.1. The Bertz CT molecular complexity index is 1440. The minimum atomic E-state index is -3.32. The van der Waals surface area contributed by atoms with Gasteiger partial charge in [0.15, 0.2) is 5.75 Å². The molecule has 252 valence electrons. The van der Waals surface area contributed by atoms with Crippen LogP contribution in [-0.4, -0.2) is 97.0 Å². The Hall–Kier alpha value is -2.71. The molecule has 11 nitrogen and oxygen atoms in total. The second-order valence-electron chi connectivity index (χ2n) is 12.2. The van der Waals surface area contributed by atoms with Crippen molar-refractivity contribution in [2.75, 3.05) is 38.5 Å². The molecular formula is C32H44ClN5O6S2. The largest absolute Gasteiger partial charge is 0.415 e. The van der Waals surface area contributed by atoms with Crippen LogP contribution >= 0.6 is 22.9 Å². The number of amides is 3. The number of carbonyl (C=O) groups is 3. The Labute approximate surface area is 280 Å². The highest BCUT2D eigenvalue weighted by atomic mass is 35.5. The number of ether oxygens (including phenoxy) is 1. The van der Waals surface area contributed by atoms with Crippen molar-refractivity contribution in [2.45, 2.75) is 76.5 Å². The van der Waals surface area contributed by atoms with Crippen LogP contribution in [0.2, 0.25) is 5.02 Å². The van der Waals surface area contributed by atoms with Crippen LogP contribution in [0.5, 0.6) is 5.75 Å². The van der Waals surface area contributed by atoms with Gasteiger partial charge in [-0.05, 0) is 62.1 Å². The van der Waals surface area contributed by atoms with Crippen molar-refractivity contribution in [2.24, 2.45) is 5.92 Å². The summed E-state index contributed by atoms with van der Waals surface area (Å²) in [7, 11) is -3.32. The number of benzene rings is 1. The van der Waals surface area contributed by atoms with Crippen LogP contribution in [0, 0.1) is 5.92 Å². The second-order valence-corrected chi connectivity index (χ2v) is 15.9. The zero-order valence-electron chi connectivity index (χ0n) is 26.2. The SMILES string of the molecule is CCS(=O)(=O)N1CCC([C@@H](NC2CCCCC2)C(=O)N2CCN(C(=O)Oc3ccccc3Cl)C[C@H]2C(=O)NCc2cccs2)CC1. The van der Waals surface area contributed by atoms with Crippen LogP contribution in [0.1, 0.15) is 56.7 Å². The molecule has 3 heterocycles. The van der Waals surface area contributed by atoms with E-state index in [-0.39, 0.29) is 54.9 Å². The van der Waals surface area contributed by atoms with Crippen LogP contribution in [0.3, 0.4) is 0 Å². The molecule has 0 bridgehead atoms. The van der Waals surface area contributed by atoms with E-state index in [1.807, 2.05) is 17.5 Å². The molecule has 2 aromatic rings. The van der Waals surface area contributed by atoms with Crippen LogP contribution in [0.25, 0.3) is 0 Å². The molecule has 5 rings (SSSR count). The van der Waals surface area contributed by atoms with Crippen molar-refractivity contribution >= 4 is 50.9 Å². The number of piperidine rings is 1.